The maximum Gasteiger partial charge on any atom is 0.252 e. The Hall–Kier alpha value is -2.52. The zero-order chi connectivity index (χ0) is 21.7. The molecule has 1 saturated heterocycles. The van der Waals surface area contributed by atoms with Gasteiger partial charge in [0, 0.05) is 31.7 Å². The first-order valence-electron chi connectivity index (χ1n) is 10.1. The van der Waals surface area contributed by atoms with E-state index in [-0.39, 0.29) is 22.5 Å². The van der Waals surface area contributed by atoms with Crippen molar-refractivity contribution in [3.63, 3.8) is 0 Å². The first-order chi connectivity index (χ1) is 14.3. The second-order valence-corrected chi connectivity index (χ2v) is 9.81. The first kappa shape index (κ1) is 22.2. The minimum atomic E-state index is -3.50. The standard InChI is InChI=1S/C21H27N3O5S/c1-3-30(27,28)17-6-9-24(20(25)13-17)18(12-16-7-10-29-11-8-16)21(26)23-19-5-4-15(2)14-22-19/h4-6,9,13-14,16,18H,3,7-8,10-12H2,1-2H3,(H,22,23,26)/t18-/m0/s1. The van der Waals surface area contributed by atoms with Crippen molar-refractivity contribution in [3.8, 4) is 0 Å². The number of nitrogens with one attached hydrogen (secondary N) is 1. The maximum atomic E-state index is 13.1. The molecule has 0 radical (unpaired) electrons. The summed E-state index contributed by atoms with van der Waals surface area (Å²) < 4.78 is 30.9. The highest BCUT2D eigenvalue weighted by Gasteiger charge is 2.27. The Bertz CT molecular complexity index is 1040. The highest BCUT2D eigenvalue weighted by Crippen LogP contribution is 2.26. The molecule has 2 aromatic heterocycles. The second-order valence-electron chi connectivity index (χ2n) is 7.53. The number of pyridine rings is 2. The van der Waals surface area contributed by atoms with Gasteiger partial charge in [0.15, 0.2) is 9.84 Å². The van der Waals surface area contributed by atoms with Crippen LogP contribution in [-0.4, -0.2) is 42.8 Å². The van der Waals surface area contributed by atoms with Crippen molar-refractivity contribution in [2.45, 2.75) is 44.0 Å². The Balaban J connectivity index is 1.91. The van der Waals surface area contributed by atoms with Crippen LogP contribution in [0.2, 0.25) is 0 Å². The van der Waals surface area contributed by atoms with E-state index < -0.39 is 21.4 Å². The smallest absolute Gasteiger partial charge is 0.252 e. The third-order valence-electron chi connectivity index (χ3n) is 5.36. The molecule has 9 heteroatoms. The normalized spacial score (nSPS) is 16.2. The number of hydrogen-bond donors (Lipinski definition) is 1. The lowest BCUT2D eigenvalue weighted by molar-refractivity contribution is -0.120. The SMILES string of the molecule is CCS(=O)(=O)c1ccn([C@@H](CC2CCOCC2)C(=O)Nc2ccc(C)cn2)c(=O)c1. The number of nitrogens with zero attached hydrogens (tertiary/aromatic N) is 2. The van der Waals surface area contributed by atoms with Crippen LogP contribution in [0.4, 0.5) is 5.82 Å². The lowest BCUT2D eigenvalue weighted by atomic mass is 9.92. The average Bonchev–Trinajstić information content (AvgIpc) is 2.74. The molecule has 1 fully saturated rings. The molecular weight excluding hydrogens is 406 g/mol. The summed E-state index contributed by atoms with van der Waals surface area (Å²) in [6.07, 6.45) is 5.13. The third kappa shape index (κ3) is 5.34. The highest BCUT2D eigenvalue weighted by molar-refractivity contribution is 7.91. The lowest BCUT2D eigenvalue weighted by Gasteiger charge is -2.27. The van der Waals surface area contributed by atoms with Gasteiger partial charge in [0.25, 0.3) is 5.56 Å². The molecule has 1 N–H and O–H groups in total. The molecule has 0 spiro atoms. The summed E-state index contributed by atoms with van der Waals surface area (Å²) >= 11 is 0. The summed E-state index contributed by atoms with van der Waals surface area (Å²) in [5.41, 5.74) is 0.448. The van der Waals surface area contributed by atoms with Crippen molar-refractivity contribution in [3.05, 3.63) is 52.6 Å². The summed E-state index contributed by atoms with van der Waals surface area (Å²) in [6.45, 7) is 4.68. The molecule has 2 aromatic rings. The van der Waals surface area contributed by atoms with Crippen molar-refractivity contribution >= 4 is 21.6 Å². The Morgan fingerprint density at radius 2 is 2.03 bits per heavy atom. The van der Waals surface area contributed by atoms with Crippen LogP contribution in [0.3, 0.4) is 0 Å². The van der Waals surface area contributed by atoms with E-state index in [1.54, 1.807) is 12.3 Å². The van der Waals surface area contributed by atoms with Gasteiger partial charge in [-0.3, -0.25) is 9.59 Å². The summed E-state index contributed by atoms with van der Waals surface area (Å²) in [5, 5.41) is 2.78. The number of sulfone groups is 1. The van der Waals surface area contributed by atoms with Gasteiger partial charge >= 0.3 is 0 Å². The van der Waals surface area contributed by atoms with Gasteiger partial charge in [-0.1, -0.05) is 13.0 Å². The fraction of sp³-hybridized carbons (Fsp3) is 0.476. The number of hydrogen-bond acceptors (Lipinski definition) is 6. The van der Waals surface area contributed by atoms with E-state index in [0.29, 0.717) is 25.5 Å². The van der Waals surface area contributed by atoms with Crippen molar-refractivity contribution in [1.82, 2.24) is 9.55 Å². The van der Waals surface area contributed by atoms with Gasteiger partial charge < -0.3 is 14.6 Å². The Labute approximate surface area is 176 Å². The van der Waals surface area contributed by atoms with Gasteiger partial charge in [0.1, 0.15) is 11.9 Å². The van der Waals surface area contributed by atoms with Crippen LogP contribution in [0.1, 0.15) is 37.8 Å². The molecule has 0 aliphatic carbocycles. The van der Waals surface area contributed by atoms with Crippen molar-refractivity contribution in [2.24, 2.45) is 5.92 Å². The van der Waals surface area contributed by atoms with Crippen LogP contribution in [0, 0.1) is 12.8 Å². The minimum Gasteiger partial charge on any atom is -0.381 e. The highest BCUT2D eigenvalue weighted by atomic mass is 32.2. The predicted molar refractivity (Wildman–Crippen MR) is 113 cm³/mol. The molecule has 162 valence electrons. The molecule has 1 amide bonds. The number of rotatable bonds is 7. The largest absolute Gasteiger partial charge is 0.381 e. The van der Waals surface area contributed by atoms with Gasteiger partial charge in [-0.15, -0.1) is 0 Å². The van der Waals surface area contributed by atoms with E-state index >= 15 is 0 Å². The number of aryl methyl sites for hydroxylation is 1. The Morgan fingerprint density at radius 1 is 1.30 bits per heavy atom. The number of aromatic nitrogens is 2. The fourth-order valence-corrected chi connectivity index (χ4v) is 4.37. The van der Waals surface area contributed by atoms with Gasteiger partial charge in [0.05, 0.1) is 10.6 Å². The van der Waals surface area contributed by atoms with Crippen molar-refractivity contribution < 1.29 is 17.9 Å². The van der Waals surface area contributed by atoms with Crippen molar-refractivity contribution in [1.29, 1.82) is 0 Å². The zero-order valence-corrected chi connectivity index (χ0v) is 18.0. The van der Waals surface area contributed by atoms with E-state index in [1.165, 1.54) is 23.8 Å². The first-order valence-corrected chi connectivity index (χ1v) is 11.7. The quantitative estimate of drug-likeness (QED) is 0.718. The topological polar surface area (TPSA) is 107 Å². The second kappa shape index (κ2) is 9.53. The third-order valence-corrected chi connectivity index (χ3v) is 7.09. The Morgan fingerprint density at radius 3 is 2.63 bits per heavy atom. The molecule has 30 heavy (non-hydrogen) atoms. The monoisotopic (exact) mass is 433 g/mol. The van der Waals surface area contributed by atoms with Crippen LogP contribution in [0.5, 0.6) is 0 Å². The number of carbonyl (C=O) groups is 1. The summed E-state index contributed by atoms with van der Waals surface area (Å²) in [7, 11) is -3.50. The van der Waals surface area contributed by atoms with Gasteiger partial charge in [-0.25, -0.2) is 13.4 Å². The van der Waals surface area contributed by atoms with Gasteiger partial charge in [0.2, 0.25) is 5.91 Å². The van der Waals surface area contributed by atoms with Crippen LogP contribution < -0.4 is 10.9 Å². The molecule has 0 bridgehead atoms. The molecular formula is C21H27N3O5S. The molecule has 3 heterocycles. The zero-order valence-electron chi connectivity index (χ0n) is 17.2. The molecule has 8 nitrogen and oxygen atoms in total. The summed E-state index contributed by atoms with van der Waals surface area (Å²) in [5.74, 6) is 0.180. The van der Waals surface area contributed by atoms with Gasteiger partial charge in [-0.05, 0) is 49.8 Å². The number of anilines is 1. The van der Waals surface area contributed by atoms with E-state index in [4.69, 9.17) is 4.74 Å². The Kier molecular flexibility index (Phi) is 7.04. The molecule has 1 atom stereocenters. The molecule has 1 aliphatic heterocycles. The minimum absolute atomic E-state index is 0.0309. The van der Waals surface area contributed by atoms with E-state index in [1.807, 2.05) is 13.0 Å². The number of ether oxygens (including phenoxy) is 1. The van der Waals surface area contributed by atoms with Crippen LogP contribution in [0.15, 0.2) is 46.3 Å². The molecule has 1 aliphatic rings. The number of amides is 1. The van der Waals surface area contributed by atoms with Crippen molar-refractivity contribution in [2.75, 3.05) is 24.3 Å². The van der Waals surface area contributed by atoms with Crippen LogP contribution in [-0.2, 0) is 19.4 Å². The van der Waals surface area contributed by atoms with E-state index in [2.05, 4.69) is 10.3 Å². The molecule has 0 saturated carbocycles. The summed E-state index contributed by atoms with van der Waals surface area (Å²) in [6, 6.07) is 5.24. The molecule has 0 aromatic carbocycles. The van der Waals surface area contributed by atoms with E-state index in [0.717, 1.165) is 24.5 Å². The van der Waals surface area contributed by atoms with Crippen LogP contribution in [0.25, 0.3) is 0 Å². The van der Waals surface area contributed by atoms with E-state index in [9.17, 15) is 18.0 Å². The fourth-order valence-electron chi connectivity index (χ4n) is 3.49. The van der Waals surface area contributed by atoms with Gasteiger partial charge in [-0.2, -0.15) is 0 Å². The maximum absolute atomic E-state index is 13.1. The summed E-state index contributed by atoms with van der Waals surface area (Å²) in [4.78, 5) is 30.0. The predicted octanol–water partition coefficient (Wildman–Crippen LogP) is 2.34. The van der Waals surface area contributed by atoms with Crippen LogP contribution >= 0.6 is 0 Å². The molecule has 0 unspecified atom stereocenters. The number of carbonyl (C=O) groups excluding carboxylic acids is 1. The average molecular weight is 434 g/mol. The lowest BCUT2D eigenvalue weighted by Crippen LogP contribution is -2.35. The molecule has 3 rings (SSSR count).